The summed E-state index contributed by atoms with van der Waals surface area (Å²) in [5, 5.41) is 0. The lowest BCUT2D eigenvalue weighted by atomic mass is 10.2. The smallest absolute Gasteiger partial charge is 0.409 e. The van der Waals surface area contributed by atoms with Gasteiger partial charge in [0.1, 0.15) is 5.75 Å². The maximum absolute atomic E-state index is 12.2. The highest BCUT2D eigenvalue weighted by molar-refractivity contribution is 5.76. The number of nitrogens with zero attached hydrogens (tertiary/aromatic N) is 2. The molecule has 2 rings (SSSR count). The summed E-state index contributed by atoms with van der Waals surface area (Å²) in [4.78, 5) is 27.2. The van der Waals surface area contributed by atoms with Gasteiger partial charge in [-0.3, -0.25) is 4.79 Å². The molecule has 0 bridgehead atoms. The lowest BCUT2D eigenvalue weighted by Crippen LogP contribution is -2.37. The first-order valence-corrected chi connectivity index (χ1v) is 7.99. The molecule has 6 heteroatoms. The Kier molecular flexibility index (Phi) is 6.72. The molecular weight excluding hydrogens is 296 g/mol. The van der Waals surface area contributed by atoms with Crippen LogP contribution in [0.25, 0.3) is 0 Å². The summed E-state index contributed by atoms with van der Waals surface area (Å²) in [6.45, 7) is 2.93. The van der Waals surface area contributed by atoms with E-state index in [2.05, 4.69) is 0 Å². The van der Waals surface area contributed by atoms with Crippen molar-refractivity contribution in [1.82, 2.24) is 9.80 Å². The van der Waals surface area contributed by atoms with Crippen LogP contribution in [0.5, 0.6) is 5.75 Å². The van der Waals surface area contributed by atoms with Crippen molar-refractivity contribution in [2.75, 3.05) is 39.9 Å². The summed E-state index contributed by atoms with van der Waals surface area (Å²) in [5.41, 5.74) is 0. The van der Waals surface area contributed by atoms with Gasteiger partial charge in [-0.1, -0.05) is 18.2 Å². The highest BCUT2D eigenvalue weighted by Crippen LogP contribution is 2.10. The molecule has 0 unspecified atom stereocenters. The minimum atomic E-state index is -0.324. The number of methoxy groups -OCH3 is 1. The Morgan fingerprint density at radius 3 is 2.48 bits per heavy atom. The molecule has 0 radical (unpaired) electrons. The zero-order valence-corrected chi connectivity index (χ0v) is 13.6. The molecule has 1 aliphatic rings. The molecule has 1 aromatic carbocycles. The fraction of sp³-hybridized carbons (Fsp3) is 0.529. The first-order valence-electron chi connectivity index (χ1n) is 7.99. The van der Waals surface area contributed by atoms with Gasteiger partial charge in [0.2, 0.25) is 5.91 Å². The maximum atomic E-state index is 12.2. The number of amides is 2. The SMILES string of the molecule is COC(=O)N1CCCN(C(=O)CCCOc2ccccc2)CC1. The van der Waals surface area contributed by atoms with Crippen LogP contribution in [0.2, 0.25) is 0 Å². The second-order valence-corrected chi connectivity index (χ2v) is 5.46. The molecule has 126 valence electrons. The number of carbonyl (C=O) groups excluding carboxylic acids is 2. The zero-order valence-electron chi connectivity index (χ0n) is 13.6. The Morgan fingerprint density at radius 1 is 1.04 bits per heavy atom. The van der Waals surface area contributed by atoms with Gasteiger partial charge in [-0.05, 0) is 25.0 Å². The molecule has 0 N–H and O–H groups in total. The van der Waals surface area contributed by atoms with E-state index in [9.17, 15) is 9.59 Å². The molecule has 23 heavy (non-hydrogen) atoms. The summed E-state index contributed by atoms with van der Waals surface area (Å²) in [6, 6.07) is 9.58. The van der Waals surface area contributed by atoms with Crippen LogP contribution < -0.4 is 4.74 Å². The third-order valence-electron chi connectivity index (χ3n) is 3.83. The van der Waals surface area contributed by atoms with Crippen molar-refractivity contribution in [2.45, 2.75) is 19.3 Å². The van der Waals surface area contributed by atoms with Crippen LogP contribution in [0.15, 0.2) is 30.3 Å². The first kappa shape index (κ1) is 17.1. The van der Waals surface area contributed by atoms with Crippen molar-refractivity contribution in [3.63, 3.8) is 0 Å². The van der Waals surface area contributed by atoms with Gasteiger partial charge in [0.25, 0.3) is 0 Å². The number of hydrogen-bond acceptors (Lipinski definition) is 4. The number of benzene rings is 1. The average Bonchev–Trinajstić information content (AvgIpc) is 2.85. The molecule has 1 heterocycles. The van der Waals surface area contributed by atoms with Crippen molar-refractivity contribution < 1.29 is 19.1 Å². The molecule has 2 amide bonds. The average molecular weight is 320 g/mol. The lowest BCUT2D eigenvalue weighted by Gasteiger charge is -2.21. The third kappa shape index (κ3) is 5.47. The van der Waals surface area contributed by atoms with Crippen LogP contribution in [0.1, 0.15) is 19.3 Å². The summed E-state index contributed by atoms with van der Waals surface area (Å²) in [5.74, 6) is 0.941. The van der Waals surface area contributed by atoms with E-state index >= 15 is 0 Å². The van der Waals surface area contributed by atoms with Crippen LogP contribution in [0.3, 0.4) is 0 Å². The molecule has 1 aromatic rings. The highest BCUT2D eigenvalue weighted by atomic mass is 16.5. The monoisotopic (exact) mass is 320 g/mol. The minimum absolute atomic E-state index is 0.119. The highest BCUT2D eigenvalue weighted by Gasteiger charge is 2.21. The van der Waals surface area contributed by atoms with Crippen LogP contribution >= 0.6 is 0 Å². The molecule has 0 aromatic heterocycles. The van der Waals surface area contributed by atoms with Gasteiger partial charge in [-0.2, -0.15) is 0 Å². The molecular formula is C17H24N2O4. The van der Waals surface area contributed by atoms with E-state index in [1.807, 2.05) is 35.2 Å². The predicted octanol–water partition coefficient (Wildman–Crippen LogP) is 2.15. The first-order chi connectivity index (χ1) is 11.2. The van der Waals surface area contributed by atoms with Gasteiger partial charge < -0.3 is 19.3 Å². The molecule has 0 aliphatic carbocycles. The zero-order chi connectivity index (χ0) is 16.5. The van der Waals surface area contributed by atoms with E-state index in [-0.39, 0.29) is 12.0 Å². The maximum Gasteiger partial charge on any atom is 0.409 e. The Bertz CT molecular complexity index is 507. The topological polar surface area (TPSA) is 59.1 Å². The number of ether oxygens (including phenoxy) is 2. The second kappa shape index (κ2) is 9.02. The molecule has 0 spiro atoms. The number of hydrogen-bond donors (Lipinski definition) is 0. The van der Waals surface area contributed by atoms with Gasteiger partial charge in [0.15, 0.2) is 0 Å². The van der Waals surface area contributed by atoms with Crippen LogP contribution in [0.4, 0.5) is 4.79 Å². The van der Waals surface area contributed by atoms with Gasteiger partial charge in [-0.15, -0.1) is 0 Å². The van der Waals surface area contributed by atoms with Crippen molar-refractivity contribution in [3.8, 4) is 5.75 Å². The molecule has 6 nitrogen and oxygen atoms in total. The van der Waals surface area contributed by atoms with E-state index < -0.39 is 0 Å². The summed E-state index contributed by atoms with van der Waals surface area (Å²) in [6.07, 6.45) is 1.60. The molecule has 1 aliphatic heterocycles. The van der Waals surface area contributed by atoms with Gasteiger partial charge in [-0.25, -0.2) is 4.79 Å². The molecule has 1 saturated heterocycles. The molecule has 0 atom stereocenters. The number of rotatable bonds is 5. The quantitative estimate of drug-likeness (QED) is 0.780. The fourth-order valence-electron chi connectivity index (χ4n) is 2.57. The van der Waals surface area contributed by atoms with Crippen molar-refractivity contribution in [3.05, 3.63) is 30.3 Å². The van der Waals surface area contributed by atoms with Crippen molar-refractivity contribution >= 4 is 12.0 Å². The van der Waals surface area contributed by atoms with E-state index in [4.69, 9.17) is 9.47 Å². The summed E-state index contributed by atoms with van der Waals surface area (Å²) in [7, 11) is 1.38. The van der Waals surface area contributed by atoms with E-state index in [0.717, 1.165) is 12.2 Å². The fourth-order valence-corrected chi connectivity index (χ4v) is 2.57. The number of carbonyl (C=O) groups is 2. The normalized spacial score (nSPS) is 15.0. The van der Waals surface area contributed by atoms with Crippen LogP contribution in [-0.4, -0.2) is 61.7 Å². The van der Waals surface area contributed by atoms with E-state index in [0.29, 0.717) is 45.6 Å². The van der Waals surface area contributed by atoms with Crippen molar-refractivity contribution in [2.24, 2.45) is 0 Å². The summed E-state index contributed by atoms with van der Waals surface area (Å²) >= 11 is 0. The Hall–Kier alpha value is -2.24. The minimum Gasteiger partial charge on any atom is -0.494 e. The van der Waals surface area contributed by atoms with Crippen LogP contribution in [-0.2, 0) is 9.53 Å². The third-order valence-corrected chi connectivity index (χ3v) is 3.83. The largest absolute Gasteiger partial charge is 0.494 e. The lowest BCUT2D eigenvalue weighted by molar-refractivity contribution is -0.131. The second-order valence-electron chi connectivity index (χ2n) is 5.46. The van der Waals surface area contributed by atoms with Gasteiger partial charge in [0.05, 0.1) is 13.7 Å². The van der Waals surface area contributed by atoms with Gasteiger partial charge >= 0.3 is 6.09 Å². The Morgan fingerprint density at radius 2 is 1.74 bits per heavy atom. The van der Waals surface area contributed by atoms with Crippen LogP contribution in [0, 0.1) is 0 Å². The van der Waals surface area contributed by atoms with Gasteiger partial charge in [0, 0.05) is 32.6 Å². The number of para-hydroxylation sites is 1. The Labute approximate surface area is 137 Å². The predicted molar refractivity (Wildman–Crippen MR) is 86.3 cm³/mol. The van der Waals surface area contributed by atoms with Crippen molar-refractivity contribution in [1.29, 1.82) is 0 Å². The molecule has 0 saturated carbocycles. The molecule has 1 fully saturated rings. The summed E-state index contributed by atoms with van der Waals surface area (Å²) < 4.78 is 10.3. The Balaban J connectivity index is 1.68. The standard InChI is InChI=1S/C17H24N2O4/c1-22-17(21)19-11-6-10-18(12-13-19)16(20)9-5-14-23-15-7-3-2-4-8-15/h2-4,7-8H,5-6,9-14H2,1H3. The van der Waals surface area contributed by atoms with E-state index in [1.165, 1.54) is 7.11 Å². The van der Waals surface area contributed by atoms with E-state index in [1.54, 1.807) is 4.90 Å².